The van der Waals surface area contributed by atoms with Gasteiger partial charge in [-0.15, -0.1) is 33.2 Å². The molecule has 0 bridgehead atoms. The Labute approximate surface area is 402 Å². The predicted octanol–water partition coefficient (Wildman–Crippen LogP) is 11.3. The van der Waals surface area contributed by atoms with Crippen molar-refractivity contribution in [3.8, 4) is 0 Å². The molecule has 4 aromatic rings. The van der Waals surface area contributed by atoms with Crippen LogP contribution >= 0.6 is 44.3 Å². The summed E-state index contributed by atoms with van der Waals surface area (Å²) in [5.41, 5.74) is 0.770. The summed E-state index contributed by atoms with van der Waals surface area (Å²) in [7, 11) is -12.4. The Morgan fingerprint density at radius 3 is 0.968 bits per heavy atom. The SMILES string of the molecule is C=C(C)C(=O)OCCC[Si](Cl)(Cl)Cl.C=C(C)C(=O)OCCC[Si](O[Si](C)(C)c1ccccc1)(O[Si](C)(C)c1ccccc1)O[Si](C)(C)c1ccccc1.C[Si](C)(Cl)c1ccccc1. The van der Waals surface area contributed by atoms with Crippen molar-refractivity contribution >= 4 is 124 Å². The molecule has 4 aromatic carbocycles. The molecule has 17 heteroatoms. The minimum absolute atomic E-state index is 0.254. The second-order valence-electron chi connectivity index (χ2n) is 17.1. The van der Waals surface area contributed by atoms with Crippen LogP contribution in [0.1, 0.15) is 26.7 Å². The molecular formula is C46H66Cl4O7Si6. The van der Waals surface area contributed by atoms with E-state index >= 15 is 0 Å². The monoisotopic (exact) mass is 1040 g/mol. The smallest absolute Gasteiger partial charge is 0.462 e. The van der Waals surface area contributed by atoms with Crippen molar-refractivity contribution < 1.29 is 31.4 Å². The van der Waals surface area contributed by atoms with Gasteiger partial charge < -0.3 is 21.8 Å². The Balaban J connectivity index is 0.000000481. The third-order valence-electron chi connectivity index (χ3n) is 9.49. The molecule has 344 valence electrons. The fourth-order valence-corrected chi connectivity index (χ4v) is 26.3. The molecule has 0 saturated carbocycles. The summed E-state index contributed by atoms with van der Waals surface area (Å²) < 4.78 is 32.3. The van der Waals surface area contributed by atoms with Gasteiger partial charge in [-0.05, 0) is 92.8 Å². The summed E-state index contributed by atoms with van der Waals surface area (Å²) in [6.07, 6.45) is 1.16. The van der Waals surface area contributed by atoms with Gasteiger partial charge in [0.2, 0.25) is 25.0 Å². The van der Waals surface area contributed by atoms with E-state index in [2.05, 4.69) is 150 Å². The summed E-state index contributed by atoms with van der Waals surface area (Å²) in [6, 6.07) is 40.0. The molecule has 0 radical (unpaired) electrons. The van der Waals surface area contributed by atoms with Crippen molar-refractivity contribution in [2.24, 2.45) is 0 Å². The molecule has 0 amide bonds. The summed E-state index contributed by atoms with van der Waals surface area (Å²) >= 11 is 23.1. The first kappa shape index (κ1) is 56.8. The first-order valence-electron chi connectivity index (χ1n) is 20.9. The number of rotatable bonds is 20. The van der Waals surface area contributed by atoms with Gasteiger partial charge in [0.15, 0.2) is 7.38 Å². The standard InChI is InChI=1S/C31H44O5Si4.C8H11ClSi.C7H11Cl3O2Si/c1-27(2)31(32)33-25-18-26-40(34-37(3,4)28-19-12-9-13-20-28,35-38(5,6)29-21-14-10-15-22-29)36-39(7,8)30-23-16-11-17-24-30;1-10(2,9)8-6-4-3-5-7-8;1-6(2)7(11)12-4-3-5-13(8,9)10/h9-17,19-24H,1,18,25-26H2,2-8H3;3-7H,1-2H3;1,3-5H2,2H3. The van der Waals surface area contributed by atoms with Gasteiger partial charge in [-0.2, -0.15) is 11.1 Å². The fourth-order valence-electron chi connectivity index (χ4n) is 6.05. The van der Waals surface area contributed by atoms with Gasteiger partial charge in [0.25, 0.3) is 0 Å². The van der Waals surface area contributed by atoms with Crippen LogP contribution in [0.2, 0.25) is 64.5 Å². The van der Waals surface area contributed by atoms with Crippen molar-refractivity contribution in [2.75, 3.05) is 13.2 Å². The second-order valence-corrected chi connectivity index (χ2v) is 47.9. The first-order valence-corrected chi connectivity index (χ1v) is 40.8. The van der Waals surface area contributed by atoms with Gasteiger partial charge in [0, 0.05) is 17.2 Å². The molecular weight excluding hydrogens is 975 g/mol. The van der Waals surface area contributed by atoms with E-state index in [-0.39, 0.29) is 19.2 Å². The van der Waals surface area contributed by atoms with Gasteiger partial charge in [-0.1, -0.05) is 148 Å². The maximum atomic E-state index is 12.1. The van der Waals surface area contributed by atoms with Crippen molar-refractivity contribution in [1.29, 1.82) is 0 Å². The van der Waals surface area contributed by atoms with Crippen LogP contribution in [-0.2, 0) is 31.4 Å². The van der Waals surface area contributed by atoms with E-state index in [4.69, 9.17) is 66.1 Å². The highest BCUT2D eigenvalue weighted by atomic mass is 35.8. The molecule has 7 nitrogen and oxygen atoms in total. The van der Waals surface area contributed by atoms with Gasteiger partial charge in [-0.25, -0.2) is 9.59 Å². The Hall–Kier alpha value is -2.36. The topological polar surface area (TPSA) is 80.3 Å². The minimum atomic E-state index is -3.38. The number of carbonyl (C=O) groups excluding carboxylic acids is 2. The van der Waals surface area contributed by atoms with Gasteiger partial charge in [0.05, 0.1) is 13.2 Å². The average Bonchev–Trinajstić information content (AvgIpc) is 3.21. The van der Waals surface area contributed by atoms with Crippen LogP contribution in [0, 0.1) is 0 Å². The van der Waals surface area contributed by atoms with Crippen molar-refractivity contribution in [1.82, 2.24) is 0 Å². The van der Waals surface area contributed by atoms with E-state index in [1.165, 1.54) is 20.7 Å². The highest BCUT2D eigenvalue weighted by molar-refractivity contribution is 7.64. The Bertz CT molecular complexity index is 1890. The largest absolute Gasteiger partial charge is 0.470 e. The van der Waals surface area contributed by atoms with Crippen LogP contribution < -0.4 is 20.7 Å². The summed E-state index contributed by atoms with van der Waals surface area (Å²) in [5, 5.41) is 4.86. The number of hydrogen-bond acceptors (Lipinski definition) is 7. The highest BCUT2D eigenvalue weighted by Crippen LogP contribution is 2.31. The van der Waals surface area contributed by atoms with E-state index in [1.807, 2.05) is 36.4 Å². The number of ether oxygens (including phenoxy) is 2. The van der Waals surface area contributed by atoms with Gasteiger partial charge in [-0.3, -0.25) is 0 Å². The molecule has 0 aliphatic heterocycles. The summed E-state index contributed by atoms with van der Waals surface area (Å²) in [5.74, 6) is -0.780. The van der Waals surface area contributed by atoms with Crippen LogP contribution in [0.5, 0.6) is 0 Å². The normalized spacial score (nSPS) is 12.2. The zero-order chi connectivity index (χ0) is 47.5. The molecule has 0 spiro atoms. The van der Waals surface area contributed by atoms with E-state index in [9.17, 15) is 9.59 Å². The number of benzene rings is 4. The number of carbonyl (C=O) groups is 2. The molecule has 0 heterocycles. The number of halogens is 4. The molecule has 0 saturated heterocycles. The van der Waals surface area contributed by atoms with Crippen LogP contribution in [0.15, 0.2) is 146 Å². The van der Waals surface area contributed by atoms with Crippen LogP contribution in [0.4, 0.5) is 0 Å². The highest BCUT2D eigenvalue weighted by Gasteiger charge is 2.53. The number of hydrogen-bond donors (Lipinski definition) is 0. The van der Waals surface area contributed by atoms with Crippen LogP contribution in [0.25, 0.3) is 0 Å². The first-order chi connectivity index (χ1) is 29.2. The maximum absolute atomic E-state index is 12.1. The average molecular weight is 1040 g/mol. The van der Waals surface area contributed by atoms with E-state index in [1.54, 1.807) is 13.8 Å². The summed E-state index contributed by atoms with van der Waals surface area (Å²) in [4.78, 5) is 23.0. The quantitative estimate of drug-likeness (QED) is 0.0287. The lowest BCUT2D eigenvalue weighted by molar-refractivity contribution is -0.139. The molecule has 0 aliphatic carbocycles. The van der Waals surface area contributed by atoms with Crippen molar-refractivity contribution in [3.05, 3.63) is 146 Å². The molecule has 0 aliphatic rings. The molecule has 63 heavy (non-hydrogen) atoms. The lowest BCUT2D eigenvalue weighted by atomic mass is 10.4. The van der Waals surface area contributed by atoms with E-state index in [0.29, 0.717) is 36.1 Å². The molecule has 0 aromatic heterocycles. The Morgan fingerprint density at radius 1 is 0.460 bits per heavy atom. The van der Waals surface area contributed by atoms with Gasteiger partial charge in [0.1, 0.15) is 0 Å². The Kier molecular flexibility index (Phi) is 23.5. The predicted molar refractivity (Wildman–Crippen MR) is 283 cm³/mol. The third kappa shape index (κ3) is 21.7. The zero-order valence-corrected chi connectivity index (χ0v) is 47.6. The van der Waals surface area contributed by atoms with Gasteiger partial charge >= 0.3 is 26.7 Å². The molecule has 0 fully saturated rings. The molecule has 0 N–H and O–H groups in total. The zero-order valence-electron chi connectivity index (χ0n) is 38.6. The lowest BCUT2D eigenvalue weighted by Crippen LogP contribution is -2.67. The maximum Gasteiger partial charge on any atom is 0.470 e. The lowest BCUT2D eigenvalue weighted by Gasteiger charge is -2.45. The third-order valence-corrected chi connectivity index (χ3v) is 30.5. The van der Waals surface area contributed by atoms with Crippen LogP contribution in [0.3, 0.4) is 0 Å². The molecule has 0 atom stereocenters. The molecule has 0 unspecified atom stereocenters. The Morgan fingerprint density at radius 2 is 0.730 bits per heavy atom. The van der Waals surface area contributed by atoms with E-state index in [0.717, 1.165) is 0 Å². The fraction of sp³-hybridized carbons (Fsp3) is 0.348. The van der Waals surface area contributed by atoms with Crippen LogP contribution in [-0.4, -0.2) is 72.3 Å². The second kappa shape index (κ2) is 26.1. The van der Waals surface area contributed by atoms with Crippen molar-refractivity contribution in [3.63, 3.8) is 0 Å². The van der Waals surface area contributed by atoms with E-state index < -0.39 is 53.1 Å². The molecule has 4 rings (SSSR count). The summed E-state index contributed by atoms with van der Waals surface area (Å²) in [6.45, 7) is 28.5. The minimum Gasteiger partial charge on any atom is -0.462 e. The van der Waals surface area contributed by atoms with Crippen molar-refractivity contribution in [2.45, 2.75) is 91.2 Å². The number of esters is 2.